The first-order chi connectivity index (χ1) is 14.5. The lowest BCUT2D eigenvalue weighted by Crippen LogP contribution is -2.24. The molecule has 0 fully saturated rings. The average Bonchev–Trinajstić information content (AvgIpc) is 3.15. The zero-order valence-electron chi connectivity index (χ0n) is 16.1. The Bertz CT molecular complexity index is 1220. The topological polar surface area (TPSA) is 129 Å². The quantitative estimate of drug-likeness (QED) is 0.412. The molecule has 4 rings (SSSR count). The smallest absolute Gasteiger partial charge is 0.321 e. The lowest BCUT2D eigenvalue weighted by molar-refractivity contribution is 0.188. The number of urea groups is 1. The largest absolute Gasteiger partial charge is 0.387 e. The fourth-order valence-corrected chi connectivity index (χ4v) is 3.04. The summed E-state index contributed by atoms with van der Waals surface area (Å²) in [5.74, 6) is 0.0653. The molecule has 2 amide bonds. The zero-order chi connectivity index (χ0) is 21.3. The molecule has 30 heavy (non-hydrogen) atoms. The summed E-state index contributed by atoms with van der Waals surface area (Å²) in [5.41, 5.74) is 2.87. The molecule has 0 spiro atoms. The number of rotatable bonds is 4. The molecule has 0 saturated heterocycles. The van der Waals surface area contributed by atoms with Gasteiger partial charge in [-0.15, -0.1) is 0 Å². The van der Waals surface area contributed by atoms with Crippen molar-refractivity contribution in [1.29, 1.82) is 0 Å². The van der Waals surface area contributed by atoms with E-state index in [2.05, 4.69) is 35.6 Å². The van der Waals surface area contributed by atoms with Gasteiger partial charge in [0.1, 0.15) is 17.0 Å². The van der Waals surface area contributed by atoms with Crippen molar-refractivity contribution < 1.29 is 14.3 Å². The first-order valence-electron chi connectivity index (χ1n) is 9.10. The molecule has 0 radical (unpaired) electrons. The number of nitrogens with zero attached hydrogens (tertiary/aromatic N) is 4. The van der Waals surface area contributed by atoms with Crippen LogP contribution in [-0.4, -0.2) is 43.1 Å². The number of hydrogen-bond donors (Lipinski definition) is 4. The Kier molecular flexibility index (Phi) is 5.07. The number of aromatic amines is 1. The molecule has 3 heterocycles. The van der Waals surface area contributed by atoms with Crippen LogP contribution in [0.3, 0.4) is 0 Å². The summed E-state index contributed by atoms with van der Waals surface area (Å²) >= 11 is 0. The van der Waals surface area contributed by atoms with E-state index < -0.39 is 18.0 Å². The van der Waals surface area contributed by atoms with E-state index in [1.807, 2.05) is 0 Å². The number of amides is 2. The van der Waals surface area contributed by atoms with Gasteiger partial charge in [0.25, 0.3) is 0 Å². The van der Waals surface area contributed by atoms with Crippen LogP contribution in [0.2, 0.25) is 0 Å². The van der Waals surface area contributed by atoms with Gasteiger partial charge in [-0.3, -0.25) is 10.3 Å². The summed E-state index contributed by atoms with van der Waals surface area (Å²) in [6.45, 7) is 1.45. The van der Waals surface area contributed by atoms with E-state index >= 15 is 0 Å². The third-order valence-electron chi connectivity index (χ3n) is 4.45. The van der Waals surface area contributed by atoms with Gasteiger partial charge in [-0.1, -0.05) is 0 Å². The fraction of sp³-hybridized carbons (Fsp3) is 0.150. The highest BCUT2D eigenvalue weighted by Gasteiger charge is 2.17. The molecule has 0 bridgehead atoms. The summed E-state index contributed by atoms with van der Waals surface area (Å²) < 4.78 is 14.4. The lowest BCUT2D eigenvalue weighted by Gasteiger charge is -2.09. The SMILES string of the molecule is CNC(=O)Nc1nc2c(-c3ncccn3)cc(-c3cnc(C(C)O)c(F)c3)cc2[nH]1. The molecule has 0 saturated carbocycles. The number of anilines is 1. The van der Waals surface area contributed by atoms with Gasteiger partial charge in [0, 0.05) is 36.8 Å². The third kappa shape index (κ3) is 3.67. The van der Waals surface area contributed by atoms with E-state index in [-0.39, 0.29) is 11.6 Å². The van der Waals surface area contributed by atoms with Crippen LogP contribution in [0.1, 0.15) is 18.7 Å². The maximum absolute atomic E-state index is 14.4. The standard InChI is InChI=1S/C20H18FN7O2/c1-10(29)16-14(21)7-12(9-25-16)11-6-13(18-23-4-3-5-24-18)17-15(8-11)26-19(27-17)28-20(30)22-2/h3-10,29H,1-2H3,(H3,22,26,27,28,30). The summed E-state index contributed by atoms with van der Waals surface area (Å²) in [6.07, 6.45) is 3.69. The van der Waals surface area contributed by atoms with Crippen molar-refractivity contribution in [3.63, 3.8) is 0 Å². The molecule has 0 aliphatic rings. The number of aromatic nitrogens is 5. The van der Waals surface area contributed by atoms with Crippen LogP contribution < -0.4 is 10.6 Å². The molecule has 1 unspecified atom stereocenters. The van der Waals surface area contributed by atoms with E-state index in [4.69, 9.17) is 0 Å². The number of H-pyrrole nitrogens is 1. The van der Waals surface area contributed by atoms with E-state index in [0.29, 0.717) is 33.5 Å². The van der Waals surface area contributed by atoms with Gasteiger partial charge in [0.15, 0.2) is 5.82 Å². The summed E-state index contributed by atoms with van der Waals surface area (Å²) in [7, 11) is 1.50. The maximum atomic E-state index is 14.4. The van der Waals surface area contributed by atoms with Crippen LogP contribution in [0.4, 0.5) is 15.1 Å². The van der Waals surface area contributed by atoms with Crippen molar-refractivity contribution in [3.8, 4) is 22.5 Å². The first-order valence-corrected chi connectivity index (χ1v) is 9.10. The third-order valence-corrected chi connectivity index (χ3v) is 4.45. The average molecular weight is 407 g/mol. The summed E-state index contributed by atoms with van der Waals surface area (Å²) in [4.78, 5) is 31.7. The number of carbonyl (C=O) groups is 1. The van der Waals surface area contributed by atoms with Crippen LogP contribution in [0, 0.1) is 5.82 Å². The number of hydrogen-bond acceptors (Lipinski definition) is 6. The Hall–Kier alpha value is -3.92. The number of aliphatic hydroxyl groups is 1. The van der Waals surface area contributed by atoms with Crippen molar-refractivity contribution in [2.45, 2.75) is 13.0 Å². The van der Waals surface area contributed by atoms with Gasteiger partial charge in [-0.25, -0.2) is 24.1 Å². The minimum Gasteiger partial charge on any atom is -0.387 e. The Morgan fingerprint density at radius 3 is 2.60 bits per heavy atom. The number of carbonyl (C=O) groups excluding carboxylic acids is 1. The van der Waals surface area contributed by atoms with Gasteiger partial charge in [0.05, 0.1) is 11.6 Å². The Morgan fingerprint density at radius 1 is 1.17 bits per heavy atom. The molecule has 9 nitrogen and oxygen atoms in total. The molecule has 4 aromatic rings. The lowest BCUT2D eigenvalue weighted by atomic mass is 10.0. The predicted molar refractivity (Wildman–Crippen MR) is 109 cm³/mol. The second kappa shape index (κ2) is 7.84. The fourth-order valence-electron chi connectivity index (χ4n) is 3.04. The number of nitrogens with one attached hydrogen (secondary N) is 3. The number of aliphatic hydroxyl groups excluding tert-OH is 1. The van der Waals surface area contributed by atoms with Gasteiger partial charge < -0.3 is 15.4 Å². The number of halogens is 1. The highest BCUT2D eigenvalue weighted by molar-refractivity contribution is 5.97. The highest BCUT2D eigenvalue weighted by atomic mass is 19.1. The Morgan fingerprint density at radius 2 is 1.93 bits per heavy atom. The van der Waals surface area contributed by atoms with Gasteiger partial charge in [-0.05, 0) is 36.8 Å². The minimum atomic E-state index is -1.01. The predicted octanol–water partition coefficient (Wildman–Crippen LogP) is 3.03. The minimum absolute atomic E-state index is 0.0231. The number of imidazole rings is 1. The normalized spacial score (nSPS) is 12.0. The van der Waals surface area contributed by atoms with Crippen molar-refractivity contribution >= 4 is 23.0 Å². The number of pyridine rings is 1. The van der Waals surface area contributed by atoms with E-state index in [9.17, 15) is 14.3 Å². The van der Waals surface area contributed by atoms with Gasteiger partial charge in [0.2, 0.25) is 5.95 Å². The Labute approximate surface area is 170 Å². The van der Waals surface area contributed by atoms with Crippen LogP contribution in [0.25, 0.3) is 33.5 Å². The second-order valence-electron chi connectivity index (χ2n) is 6.55. The van der Waals surface area contributed by atoms with E-state index in [0.717, 1.165) is 0 Å². The number of fused-ring (bicyclic) bond motifs is 1. The zero-order valence-corrected chi connectivity index (χ0v) is 16.1. The molecule has 0 aliphatic heterocycles. The highest BCUT2D eigenvalue weighted by Crippen LogP contribution is 2.33. The maximum Gasteiger partial charge on any atom is 0.321 e. The first kappa shape index (κ1) is 19.4. The molecule has 0 aliphatic carbocycles. The molecule has 152 valence electrons. The van der Waals surface area contributed by atoms with Crippen molar-refractivity contribution in [2.75, 3.05) is 12.4 Å². The number of benzene rings is 1. The van der Waals surface area contributed by atoms with Crippen molar-refractivity contribution in [2.24, 2.45) is 0 Å². The molecule has 4 N–H and O–H groups in total. The summed E-state index contributed by atoms with van der Waals surface area (Å²) in [5, 5.41) is 14.7. The molecular weight excluding hydrogens is 389 g/mol. The molecule has 3 aromatic heterocycles. The van der Waals surface area contributed by atoms with E-state index in [1.165, 1.54) is 26.2 Å². The molecular formula is C20H18FN7O2. The summed E-state index contributed by atoms with van der Waals surface area (Å²) in [6, 6.07) is 6.13. The van der Waals surface area contributed by atoms with Crippen molar-refractivity contribution in [1.82, 2.24) is 30.2 Å². The van der Waals surface area contributed by atoms with Crippen LogP contribution >= 0.6 is 0 Å². The van der Waals surface area contributed by atoms with E-state index in [1.54, 1.807) is 30.6 Å². The molecule has 1 atom stereocenters. The van der Waals surface area contributed by atoms with Gasteiger partial charge in [-0.2, -0.15) is 0 Å². The Balaban J connectivity index is 1.89. The van der Waals surface area contributed by atoms with Crippen LogP contribution in [-0.2, 0) is 0 Å². The van der Waals surface area contributed by atoms with Crippen molar-refractivity contribution in [3.05, 3.63) is 54.4 Å². The van der Waals surface area contributed by atoms with Crippen LogP contribution in [0.5, 0.6) is 0 Å². The van der Waals surface area contributed by atoms with Gasteiger partial charge >= 0.3 is 6.03 Å². The molecule has 10 heteroatoms. The molecule has 1 aromatic carbocycles. The van der Waals surface area contributed by atoms with Crippen LogP contribution in [0.15, 0.2) is 42.9 Å². The monoisotopic (exact) mass is 407 g/mol. The second-order valence-corrected chi connectivity index (χ2v) is 6.55.